The van der Waals surface area contributed by atoms with Crippen molar-refractivity contribution in [1.29, 1.82) is 0 Å². The molecule has 0 heterocycles. The molecule has 0 aromatic rings. The van der Waals surface area contributed by atoms with Gasteiger partial charge in [0.25, 0.3) is 0 Å². The zero-order valence-corrected chi connectivity index (χ0v) is 12.8. The second-order valence-electron chi connectivity index (χ2n) is 6.62. The summed E-state index contributed by atoms with van der Waals surface area (Å²) in [5.74, 6) is 0.693. The summed E-state index contributed by atoms with van der Waals surface area (Å²) in [7, 11) is 0. The largest absolute Gasteiger partial charge is 0.423 e. The van der Waals surface area contributed by atoms with Gasteiger partial charge in [0, 0.05) is 12.3 Å². The molecule has 1 unspecified atom stereocenters. The highest BCUT2D eigenvalue weighted by Gasteiger charge is 2.44. The molecular formula is C16H28N2O3. The summed E-state index contributed by atoms with van der Waals surface area (Å²) < 4.78 is 5.52. The fourth-order valence-corrected chi connectivity index (χ4v) is 4.17. The summed E-state index contributed by atoms with van der Waals surface area (Å²) >= 11 is 0. The Morgan fingerprint density at radius 3 is 2.19 bits per heavy atom. The molecule has 0 aromatic heterocycles. The molecule has 120 valence electrons. The Balaban J connectivity index is 2.15. The number of ether oxygens (including phenoxy) is 1. The van der Waals surface area contributed by atoms with Gasteiger partial charge in [-0.3, -0.25) is 4.79 Å². The van der Waals surface area contributed by atoms with Crippen molar-refractivity contribution >= 4 is 12.5 Å². The van der Waals surface area contributed by atoms with Gasteiger partial charge in [-0.1, -0.05) is 51.4 Å². The third-order valence-corrected chi connectivity index (χ3v) is 5.17. The van der Waals surface area contributed by atoms with Crippen LogP contribution in [0.5, 0.6) is 0 Å². The van der Waals surface area contributed by atoms with Crippen LogP contribution in [-0.2, 0) is 9.53 Å². The van der Waals surface area contributed by atoms with Crippen molar-refractivity contribution in [2.45, 2.75) is 76.4 Å². The van der Waals surface area contributed by atoms with Gasteiger partial charge in [0.05, 0.1) is 0 Å². The summed E-state index contributed by atoms with van der Waals surface area (Å²) in [4.78, 5) is 22.6. The number of hydrogen-bond acceptors (Lipinski definition) is 3. The smallest absolute Gasteiger partial charge is 0.406 e. The van der Waals surface area contributed by atoms with Crippen LogP contribution in [-0.4, -0.2) is 18.2 Å². The Kier molecular flexibility index (Phi) is 5.88. The highest BCUT2D eigenvalue weighted by molar-refractivity contribution is 5.65. The van der Waals surface area contributed by atoms with Crippen molar-refractivity contribution in [3.05, 3.63) is 0 Å². The molecule has 2 amide bonds. The van der Waals surface area contributed by atoms with Gasteiger partial charge in [-0.25, -0.2) is 4.79 Å². The molecule has 5 nitrogen and oxygen atoms in total. The summed E-state index contributed by atoms with van der Waals surface area (Å²) in [5, 5.41) is 2.84. The van der Waals surface area contributed by atoms with Crippen molar-refractivity contribution in [3.8, 4) is 0 Å². The van der Waals surface area contributed by atoms with Gasteiger partial charge in [0.2, 0.25) is 6.41 Å². The maximum absolute atomic E-state index is 11.4. The first-order chi connectivity index (χ1) is 10.2. The van der Waals surface area contributed by atoms with Crippen LogP contribution in [0.2, 0.25) is 0 Å². The van der Waals surface area contributed by atoms with Crippen LogP contribution < -0.4 is 11.1 Å². The lowest BCUT2D eigenvalue weighted by molar-refractivity contribution is -0.126. The van der Waals surface area contributed by atoms with E-state index in [4.69, 9.17) is 10.5 Å². The highest BCUT2D eigenvalue weighted by atomic mass is 16.6. The van der Waals surface area contributed by atoms with Gasteiger partial charge < -0.3 is 15.8 Å². The molecule has 21 heavy (non-hydrogen) atoms. The van der Waals surface area contributed by atoms with E-state index in [0.717, 1.165) is 38.5 Å². The molecule has 0 aromatic carbocycles. The minimum absolute atomic E-state index is 0.186. The second-order valence-corrected chi connectivity index (χ2v) is 6.62. The van der Waals surface area contributed by atoms with Crippen molar-refractivity contribution in [2.75, 3.05) is 0 Å². The normalized spacial score (nSPS) is 24.0. The third kappa shape index (κ3) is 4.35. The monoisotopic (exact) mass is 296 g/mol. The molecule has 2 aliphatic rings. The number of hydrogen-bond donors (Lipinski definition) is 2. The zero-order chi connectivity index (χ0) is 15.1. The number of primary amides is 1. The maximum Gasteiger partial charge on any atom is 0.406 e. The Labute approximate surface area is 127 Å². The molecule has 0 spiro atoms. The number of nitrogens with two attached hydrogens (primary N) is 1. The molecule has 5 heteroatoms. The molecule has 0 aliphatic heterocycles. The lowest BCUT2D eigenvalue weighted by Gasteiger charge is -2.43. The minimum atomic E-state index is -0.893. The predicted octanol–water partition coefficient (Wildman–Crippen LogP) is 3.07. The van der Waals surface area contributed by atoms with Crippen LogP contribution in [0.15, 0.2) is 0 Å². The SMILES string of the molecule is NC(=O)OC(CC1CCCCC1)(NC=O)C1CCCCC1. The van der Waals surface area contributed by atoms with E-state index in [1.807, 2.05) is 0 Å². The van der Waals surface area contributed by atoms with E-state index in [2.05, 4.69) is 5.32 Å². The van der Waals surface area contributed by atoms with Gasteiger partial charge >= 0.3 is 6.09 Å². The molecule has 0 radical (unpaired) electrons. The molecular weight excluding hydrogens is 268 g/mol. The summed E-state index contributed by atoms with van der Waals surface area (Å²) in [6, 6.07) is 0. The molecule has 3 N–H and O–H groups in total. The zero-order valence-electron chi connectivity index (χ0n) is 12.8. The first-order valence-corrected chi connectivity index (χ1v) is 8.36. The quantitative estimate of drug-likeness (QED) is 0.584. The van der Waals surface area contributed by atoms with Gasteiger partial charge in [0.15, 0.2) is 5.72 Å². The van der Waals surface area contributed by atoms with Crippen LogP contribution in [0.4, 0.5) is 4.79 Å². The van der Waals surface area contributed by atoms with E-state index in [1.165, 1.54) is 25.7 Å². The summed E-state index contributed by atoms with van der Waals surface area (Å²) in [5.41, 5.74) is 4.41. The average Bonchev–Trinajstić information content (AvgIpc) is 2.49. The van der Waals surface area contributed by atoms with Crippen molar-refractivity contribution in [2.24, 2.45) is 17.6 Å². The lowest BCUT2D eigenvalue weighted by Crippen LogP contribution is -2.56. The molecule has 0 saturated heterocycles. The molecule has 2 fully saturated rings. The molecule has 2 rings (SSSR count). The number of rotatable bonds is 6. The topological polar surface area (TPSA) is 81.4 Å². The van der Waals surface area contributed by atoms with Gasteiger partial charge in [-0.2, -0.15) is 0 Å². The van der Waals surface area contributed by atoms with Crippen molar-refractivity contribution in [3.63, 3.8) is 0 Å². The molecule has 2 saturated carbocycles. The van der Waals surface area contributed by atoms with E-state index >= 15 is 0 Å². The van der Waals surface area contributed by atoms with Crippen molar-refractivity contribution in [1.82, 2.24) is 5.32 Å². The number of nitrogens with one attached hydrogen (secondary N) is 1. The number of carbonyl (C=O) groups excluding carboxylic acids is 2. The van der Waals surface area contributed by atoms with Crippen LogP contribution in [0, 0.1) is 11.8 Å². The molecule has 1 atom stereocenters. The van der Waals surface area contributed by atoms with Crippen LogP contribution >= 0.6 is 0 Å². The van der Waals surface area contributed by atoms with Gasteiger partial charge in [-0.15, -0.1) is 0 Å². The predicted molar refractivity (Wildman–Crippen MR) is 80.4 cm³/mol. The van der Waals surface area contributed by atoms with Crippen LogP contribution in [0.1, 0.15) is 70.6 Å². The van der Waals surface area contributed by atoms with E-state index in [9.17, 15) is 9.59 Å². The second kappa shape index (κ2) is 7.66. The first kappa shape index (κ1) is 16.1. The summed E-state index contributed by atoms with van der Waals surface area (Å²) in [6.45, 7) is 0. The highest BCUT2D eigenvalue weighted by Crippen LogP contribution is 2.40. The summed E-state index contributed by atoms with van der Waals surface area (Å²) in [6.07, 6.45) is 12.1. The maximum atomic E-state index is 11.4. The minimum Gasteiger partial charge on any atom is -0.423 e. The van der Waals surface area contributed by atoms with E-state index in [0.29, 0.717) is 18.7 Å². The Morgan fingerprint density at radius 1 is 1.10 bits per heavy atom. The number of carbonyl (C=O) groups is 2. The van der Waals surface area contributed by atoms with Gasteiger partial charge in [-0.05, 0) is 18.8 Å². The van der Waals surface area contributed by atoms with E-state index in [1.54, 1.807) is 0 Å². The van der Waals surface area contributed by atoms with E-state index in [-0.39, 0.29) is 5.92 Å². The number of amides is 2. The fraction of sp³-hybridized carbons (Fsp3) is 0.875. The Bertz CT molecular complexity index is 349. The fourth-order valence-electron chi connectivity index (χ4n) is 4.17. The average molecular weight is 296 g/mol. The molecule has 0 bridgehead atoms. The van der Waals surface area contributed by atoms with Crippen molar-refractivity contribution < 1.29 is 14.3 Å². The van der Waals surface area contributed by atoms with Crippen LogP contribution in [0.25, 0.3) is 0 Å². The van der Waals surface area contributed by atoms with Crippen LogP contribution in [0.3, 0.4) is 0 Å². The third-order valence-electron chi connectivity index (χ3n) is 5.17. The first-order valence-electron chi connectivity index (χ1n) is 8.36. The van der Waals surface area contributed by atoms with E-state index < -0.39 is 11.8 Å². The van der Waals surface area contributed by atoms with Gasteiger partial charge in [0.1, 0.15) is 0 Å². The standard InChI is InChI=1S/C16H28N2O3/c17-15(20)21-16(18-12-19,14-9-5-2-6-10-14)11-13-7-3-1-4-8-13/h12-14H,1-11H2,(H2,17,20)(H,18,19). The lowest BCUT2D eigenvalue weighted by atomic mass is 9.74. The Morgan fingerprint density at radius 2 is 1.67 bits per heavy atom. The molecule has 2 aliphatic carbocycles. The Hall–Kier alpha value is -1.26.